The van der Waals surface area contributed by atoms with Crippen molar-refractivity contribution >= 4 is 40.8 Å². The molecule has 8 heteroatoms. The van der Waals surface area contributed by atoms with Gasteiger partial charge in [-0.2, -0.15) is 0 Å². The number of benzene rings is 2. The second-order valence-corrected chi connectivity index (χ2v) is 5.67. The predicted molar refractivity (Wildman–Crippen MR) is 92.8 cm³/mol. The molecule has 2 aromatic rings. The van der Waals surface area contributed by atoms with Gasteiger partial charge in [-0.15, -0.1) is 0 Å². The first-order valence-electron chi connectivity index (χ1n) is 7.44. The number of imide groups is 1. The molecule has 0 spiro atoms. The summed E-state index contributed by atoms with van der Waals surface area (Å²) in [5.74, 6) is -2.30. The number of carbonyl (C=O) groups excluding carboxylic acids is 3. The summed E-state index contributed by atoms with van der Waals surface area (Å²) in [5, 5.41) is 13.3. The van der Waals surface area contributed by atoms with Gasteiger partial charge in [0.2, 0.25) is 0 Å². The molecule has 7 nitrogen and oxygen atoms in total. The average molecular weight is 372 g/mol. The molecule has 3 rings (SSSR count). The van der Waals surface area contributed by atoms with Crippen LogP contribution in [-0.2, 0) is 9.59 Å². The number of carboxylic acids is 1. The summed E-state index contributed by atoms with van der Waals surface area (Å²) in [7, 11) is 1.43. The molecule has 2 aromatic carbocycles. The normalized spacial score (nSPS) is 14.0. The van der Waals surface area contributed by atoms with E-state index < -0.39 is 17.8 Å². The Hall–Kier alpha value is -3.32. The summed E-state index contributed by atoms with van der Waals surface area (Å²) in [5.41, 5.74) is 0.544. The Morgan fingerprint density at radius 3 is 2.35 bits per heavy atom. The summed E-state index contributed by atoms with van der Waals surface area (Å²) in [6.07, 6.45) is 0. The summed E-state index contributed by atoms with van der Waals surface area (Å²) in [6.45, 7) is 0. The van der Waals surface area contributed by atoms with E-state index in [1.807, 2.05) is 0 Å². The summed E-state index contributed by atoms with van der Waals surface area (Å²) >= 11 is 6.06. The molecule has 1 aliphatic rings. The van der Waals surface area contributed by atoms with E-state index in [-0.39, 0.29) is 22.0 Å². The van der Waals surface area contributed by atoms with E-state index in [0.29, 0.717) is 11.4 Å². The third-order valence-corrected chi connectivity index (χ3v) is 4.09. The van der Waals surface area contributed by atoms with Gasteiger partial charge in [0.05, 0.1) is 18.8 Å². The molecule has 0 saturated carbocycles. The number of aromatic carboxylic acids is 1. The lowest BCUT2D eigenvalue weighted by molar-refractivity contribution is -0.255. The van der Waals surface area contributed by atoms with Gasteiger partial charge in [0, 0.05) is 5.69 Å². The number of anilines is 2. The Balaban J connectivity index is 1.90. The molecule has 0 unspecified atom stereocenters. The number of hydrogen-bond acceptors (Lipinski definition) is 6. The van der Waals surface area contributed by atoms with Crippen molar-refractivity contribution in [3.05, 3.63) is 64.8 Å². The molecule has 132 valence electrons. The highest BCUT2D eigenvalue weighted by molar-refractivity contribution is 6.53. The Kier molecular flexibility index (Phi) is 4.64. The lowest BCUT2D eigenvalue weighted by atomic mass is 10.2. The van der Waals surface area contributed by atoms with Crippen LogP contribution in [0.1, 0.15) is 10.4 Å². The minimum absolute atomic E-state index is 0.0138. The second-order valence-electron chi connectivity index (χ2n) is 5.30. The van der Waals surface area contributed by atoms with E-state index >= 15 is 0 Å². The monoisotopic (exact) mass is 371 g/mol. The molecule has 1 aliphatic heterocycles. The Morgan fingerprint density at radius 1 is 1.08 bits per heavy atom. The first-order valence-corrected chi connectivity index (χ1v) is 7.82. The molecule has 26 heavy (non-hydrogen) atoms. The maximum atomic E-state index is 12.7. The molecule has 0 fully saturated rings. The first-order chi connectivity index (χ1) is 12.4. The summed E-state index contributed by atoms with van der Waals surface area (Å²) in [4.78, 5) is 36.9. The lowest BCUT2D eigenvalue weighted by Gasteiger charge is -2.17. The number of ether oxygens (including phenoxy) is 1. The number of halogens is 1. The molecule has 2 amide bonds. The van der Waals surface area contributed by atoms with Crippen LogP contribution in [0.4, 0.5) is 11.4 Å². The highest BCUT2D eigenvalue weighted by Crippen LogP contribution is 2.35. The molecule has 0 aliphatic carbocycles. The van der Waals surface area contributed by atoms with Crippen molar-refractivity contribution in [2.75, 3.05) is 17.3 Å². The van der Waals surface area contributed by atoms with Crippen LogP contribution in [0.15, 0.2) is 59.3 Å². The number of carbonyl (C=O) groups is 3. The predicted octanol–water partition coefficient (Wildman–Crippen LogP) is 1.49. The third kappa shape index (κ3) is 3.00. The van der Waals surface area contributed by atoms with Crippen LogP contribution >= 0.6 is 11.6 Å². The molecular formula is C18H12ClN2O5-. The fourth-order valence-corrected chi connectivity index (χ4v) is 2.69. The molecule has 1 heterocycles. The van der Waals surface area contributed by atoms with E-state index in [4.69, 9.17) is 16.3 Å². The fourth-order valence-electron chi connectivity index (χ4n) is 2.48. The molecule has 1 N–H and O–H groups in total. The molecule has 0 saturated heterocycles. The zero-order valence-corrected chi connectivity index (χ0v) is 14.2. The second kappa shape index (κ2) is 6.89. The van der Waals surface area contributed by atoms with Crippen LogP contribution in [0, 0.1) is 0 Å². The van der Waals surface area contributed by atoms with Crippen LogP contribution < -0.4 is 20.1 Å². The molecule has 0 radical (unpaired) electrons. The zero-order chi connectivity index (χ0) is 18.8. The molecule has 0 bridgehead atoms. The number of methoxy groups -OCH3 is 1. The number of nitrogens with zero attached hydrogens (tertiary/aromatic N) is 1. The van der Waals surface area contributed by atoms with Crippen LogP contribution in [0.25, 0.3) is 0 Å². The van der Waals surface area contributed by atoms with Gasteiger partial charge >= 0.3 is 0 Å². The van der Waals surface area contributed by atoms with Crippen molar-refractivity contribution in [3.8, 4) is 5.75 Å². The SMILES string of the molecule is COc1ccccc1N1C(=O)C(Cl)=C(Nc2ccc(C(=O)[O-])cc2)C1=O. The van der Waals surface area contributed by atoms with Crippen molar-refractivity contribution in [1.29, 1.82) is 0 Å². The smallest absolute Gasteiger partial charge is 0.283 e. The topological polar surface area (TPSA) is 98.8 Å². The lowest BCUT2D eigenvalue weighted by Crippen LogP contribution is -2.32. The minimum atomic E-state index is -1.32. The number of carboxylic acid groups (broad SMARTS) is 1. The Bertz CT molecular complexity index is 937. The maximum absolute atomic E-state index is 12.7. The van der Waals surface area contributed by atoms with Crippen molar-refractivity contribution in [1.82, 2.24) is 0 Å². The number of nitrogens with one attached hydrogen (secondary N) is 1. The van der Waals surface area contributed by atoms with Crippen LogP contribution in [0.3, 0.4) is 0 Å². The number of para-hydroxylation sites is 2. The molecular weight excluding hydrogens is 360 g/mol. The van der Waals surface area contributed by atoms with Gasteiger partial charge in [0.1, 0.15) is 16.5 Å². The van der Waals surface area contributed by atoms with Crippen LogP contribution in [0.2, 0.25) is 0 Å². The van der Waals surface area contributed by atoms with Crippen molar-refractivity contribution in [2.45, 2.75) is 0 Å². The van der Waals surface area contributed by atoms with Crippen molar-refractivity contribution in [3.63, 3.8) is 0 Å². The highest BCUT2D eigenvalue weighted by Gasteiger charge is 2.40. The van der Waals surface area contributed by atoms with Gasteiger partial charge in [-0.1, -0.05) is 35.9 Å². The molecule has 0 atom stereocenters. The average Bonchev–Trinajstić information content (AvgIpc) is 2.85. The summed E-state index contributed by atoms with van der Waals surface area (Å²) in [6, 6.07) is 12.1. The highest BCUT2D eigenvalue weighted by atomic mass is 35.5. The van der Waals surface area contributed by atoms with E-state index in [2.05, 4.69) is 5.32 Å². The number of rotatable bonds is 5. The minimum Gasteiger partial charge on any atom is -0.545 e. The Morgan fingerprint density at radius 2 is 1.73 bits per heavy atom. The van der Waals surface area contributed by atoms with E-state index in [9.17, 15) is 19.5 Å². The standard InChI is InChI=1S/C18H13ClN2O5/c1-26-13-5-3-2-4-12(13)21-16(22)14(19)15(17(21)23)20-11-8-6-10(7-9-11)18(24)25/h2-9,20H,1H3,(H,24,25)/p-1. The Labute approximate surface area is 153 Å². The van der Waals surface area contributed by atoms with Crippen LogP contribution in [0.5, 0.6) is 5.75 Å². The van der Waals surface area contributed by atoms with Crippen molar-refractivity contribution in [2.24, 2.45) is 0 Å². The quantitative estimate of drug-likeness (QED) is 0.799. The number of amides is 2. The van der Waals surface area contributed by atoms with Gasteiger partial charge in [-0.3, -0.25) is 9.59 Å². The largest absolute Gasteiger partial charge is 0.545 e. The van der Waals surface area contributed by atoms with E-state index in [0.717, 1.165) is 4.90 Å². The van der Waals surface area contributed by atoms with Gasteiger partial charge in [0.15, 0.2) is 0 Å². The van der Waals surface area contributed by atoms with Crippen LogP contribution in [-0.4, -0.2) is 24.9 Å². The summed E-state index contributed by atoms with van der Waals surface area (Å²) < 4.78 is 5.19. The fraction of sp³-hybridized carbons (Fsp3) is 0.0556. The first kappa shape index (κ1) is 17.5. The van der Waals surface area contributed by atoms with Gasteiger partial charge in [-0.25, -0.2) is 4.90 Å². The third-order valence-electron chi connectivity index (χ3n) is 3.74. The maximum Gasteiger partial charge on any atom is 0.283 e. The van der Waals surface area contributed by atoms with Gasteiger partial charge < -0.3 is 20.0 Å². The molecule has 0 aromatic heterocycles. The van der Waals surface area contributed by atoms with Gasteiger partial charge in [0.25, 0.3) is 11.8 Å². The van der Waals surface area contributed by atoms with E-state index in [1.54, 1.807) is 24.3 Å². The zero-order valence-electron chi connectivity index (χ0n) is 13.5. The van der Waals surface area contributed by atoms with E-state index in [1.165, 1.54) is 31.4 Å². The number of hydrogen-bond donors (Lipinski definition) is 1. The van der Waals surface area contributed by atoms with Gasteiger partial charge in [-0.05, 0) is 29.8 Å². The van der Waals surface area contributed by atoms with Crippen molar-refractivity contribution < 1.29 is 24.2 Å².